The molecule has 10 nitrogen and oxygen atoms in total. The molecule has 3 aromatic heterocycles. The minimum absolute atomic E-state index is 0.0133. The summed E-state index contributed by atoms with van der Waals surface area (Å²) in [6.45, 7) is 1.48. The summed E-state index contributed by atoms with van der Waals surface area (Å²) in [7, 11) is 1.50. The number of aromatic nitrogens is 4. The van der Waals surface area contributed by atoms with Crippen molar-refractivity contribution in [2.45, 2.75) is 13.0 Å². The van der Waals surface area contributed by atoms with Gasteiger partial charge in [-0.25, -0.2) is 24.1 Å². The Kier molecular flexibility index (Phi) is 7.36. The van der Waals surface area contributed by atoms with Crippen molar-refractivity contribution in [3.8, 4) is 28.3 Å². The Bertz CT molecular complexity index is 1760. The Hall–Kier alpha value is -4.60. The Balaban J connectivity index is 1.31. The number of ether oxygens (including phenoxy) is 3. The number of hydrogen-bond acceptors (Lipinski definition) is 10. The summed E-state index contributed by atoms with van der Waals surface area (Å²) < 4.78 is 31.6. The fourth-order valence-corrected chi connectivity index (χ4v) is 4.84. The highest BCUT2D eigenvalue weighted by Gasteiger charge is 2.18. The van der Waals surface area contributed by atoms with Crippen molar-refractivity contribution in [1.29, 1.82) is 5.26 Å². The molecule has 0 aliphatic heterocycles. The number of rotatable bonds is 7. The van der Waals surface area contributed by atoms with Crippen molar-refractivity contribution in [1.82, 2.24) is 19.9 Å². The molecule has 0 spiro atoms. The molecule has 13 heteroatoms. The standard InChI is InChI=1S/C26H18ClFN6O4S/c1-13(12-37-26(35)32-16-3-14(8-29)9-30-10-16)38-21-7-22-19(6-18(21)28)34-25(39-22)17-4-15(27)5-20-24(17)31-11-23(33-20)36-2/h3-7,9-11,13H,12H2,1-2H3,(H,32,35)/t13-/m0/s1. The van der Waals surface area contributed by atoms with Gasteiger partial charge in [-0.2, -0.15) is 5.26 Å². The van der Waals surface area contributed by atoms with Gasteiger partial charge >= 0.3 is 6.09 Å². The van der Waals surface area contributed by atoms with E-state index in [1.54, 1.807) is 25.1 Å². The molecule has 1 N–H and O–H groups in total. The first-order valence-electron chi connectivity index (χ1n) is 11.4. The van der Waals surface area contributed by atoms with Crippen LogP contribution in [0.3, 0.4) is 0 Å². The highest BCUT2D eigenvalue weighted by molar-refractivity contribution is 7.21. The smallest absolute Gasteiger partial charge is 0.411 e. The lowest BCUT2D eigenvalue weighted by Gasteiger charge is -2.15. The van der Waals surface area contributed by atoms with Gasteiger partial charge in [0, 0.05) is 28.9 Å². The lowest BCUT2D eigenvalue weighted by Crippen LogP contribution is -2.24. The van der Waals surface area contributed by atoms with Crippen LogP contribution >= 0.6 is 22.9 Å². The van der Waals surface area contributed by atoms with E-state index in [1.807, 2.05) is 6.07 Å². The third kappa shape index (κ3) is 5.79. The molecule has 0 radical (unpaired) electrons. The van der Waals surface area contributed by atoms with E-state index in [2.05, 4.69) is 25.3 Å². The Morgan fingerprint density at radius 1 is 1.18 bits per heavy atom. The van der Waals surface area contributed by atoms with Gasteiger partial charge < -0.3 is 14.2 Å². The van der Waals surface area contributed by atoms with Gasteiger partial charge in [-0.3, -0.25) is 10.3 Å². The Morgan fingerprint density at radius 3 is 2.82 bits per heavy atom. The normalized spacial score (nSPS) is 11.7. The van der Waals surface area contributed by atoms with E-state index in [0.717, 1.165) is 0 Å². The van der Waals surface area contributed by atoms with Crippen LogP contribution < -0.4 is 14.8 Å². The predicted octanol–water partition coefficient (Wildman–Crippen LogP) is 5.99. The average Bonchev–Trinajstić information content (AvgIpc) is 3.33. The molecular formula is C26H18ClFN6O4S. The lowest BCUT2D eigenvalue weighted by molar-refractivity contribution is 0.0969. The first-order valence-corrected chi connectivity index (χ1v) is 12.6. The van der Waals surface area contributed by atoms with E-state index in [0.29, 0.717) is 54.0 Å². The Morgan fingerprint density at radius 2 is 2.03 bits per heavy atom. The number of methoxy groups -OCH3 is 1. The monoisotopic (exact) mass is 564 g/mol. The van der Waals surface area contributed by atoms with Gasteiger partial charge in [0.25, 0.3) is 0 Å². The van der Waals surface area contributed by atoms with Crippen LogP contribution in [0.5, 0.6) is 11.6 Å². The van der Waals surface area contributed by atoms with E-state index < -0.39 is 18.0 Å². The summed E-state index contributed by atoms with van der Waals surface area (Å²) in [6.07, 6.45) is 2.82. The number of nitrogens with zero attached hydrogens (tertiary/aromatic N) is 5. The quantitative estimate of drug-likeness (QED) is 0.253. The molecule has 0 fully saturated rings. The van der Waals surface area contributed by atoms with Crippen LogP contribution in [0.15, 0.2) is 48.9 Å². The molecule has 3 heterocycles. The summed E-state index contributed by atoms with van der Waals surface area (Å²) in [5, 5.41) is 12.4. The number of pyridine rings is 1. The highest BCUT2D eigenvalue weighted by atomic mass is 35.5. The maximum absolute atomic E-state index is 14.9. The number of thiazole rings is 1. The predicted molar refractivity (Wildman–Crippen MR) is 144 cm³/mol. The van der Waals surface area contributed by atoms with E-state index in [1.165, 1.54) is 49.2 Å². The maximum Gasteiger partial charge on any atom is 0.411 e. The van der Waals surface area contributed by atoms with Crippen molar-refractivity contribution in [3.63, 3.8) is 0 Å². The van der Waals surface area contributed by atoms with Gasteiger partial charge in [0.15, 0.2) is 11.6 Å². The molecule has 0 aliphatic rings. The molecule has 196 valence electrons. The number of carbonyl (C=O) groups excluding carboxylic acids is 1. The second-order valence-corrected chi connectivity index (χ2v) is 9.70. The molecular weight excluding hydrogens is 547 g/mol. The van der Waals surface area contributed by atoms with Crippen LogP contribution in [0.1, 0.15) is 12.5 Å². The number of nitrogens with one attached hydrogen (secondary N) is 1. The van der Waals surface area contributed by atoms with E-state index >= 15 is 0 Å². The lowest BCUT2D eigenvalue weighted by atomic mass is 10.2. The zero-order valence-corrected chi connectivity index (χ0v) is 22.0. The van der Waals surface area contributed by atoms with Gasteiger partial charge in [-0.15, -0.1) is 11.3 Å². The summed E-state index contributed by atoms with van der Waals surface area (Å²) in [4.78, 5) is 29.4. The van der Waals surface area contributed by atoms with Gasteiger partial charge in [-0.05, 0) is 25.1 Å². The fourth-order valence-electron chi connectivity index (χ4n) is 3.64. The SMILES string of the molecule is COc1cnc2c(-c3nc4cc(F)c(O[C@@H](C)COC(=O)Nc5cncc(C#N)c5)cc4s3)cc(Cl)cc2n1. The van der Waals surface area contributed by atoms with Crippen molar-refractivity contribution in [2.24, 2.45) is 0 Å². The largest absolute Gasteiger partial charge is 0.484 e. The molecule has 2 aromatic carbocycles. The zero-order valence-electron chi connectivity index (χ0n) is 20.4. The number of anilines is 1. The number of carbonyl (C=O) groups is 1. The van der Waals surface area contributed by atoms with Crippen molar-refractivity contribution < 1.29 is 23.4 Å². The van der Waals surface area contributed by atoms with Gasteiger partial charge in [0.2, 0.25) is 5.88 Å². The van der Waals surface area contributed by atoms with Gasteiger partial charge in [-0.1, -0.05) is 11.6 Å². The summed E-state index contributed by atoms with van der Waals surface area (Å²) in [5.74, 6) is -0.277. The first kappa shape index (κ1) is 26.0. The average molecular weight is 565 g/mol. The zero-order chi connectivity index (χ0) is 27.5. The van der Waals surface area contributed by atoms with Gasteiger partial charge in [0.05, 0.1) is 52.0 Å². The number of fused-ring (bicyclic) bond motifs is 2. The van der Waals surface area contributed by atoms with Crippen molar-refractivity contribution in [2.75, 3.05) is 19.0 Å². The molecule has 39 heavy (non-hydrogen) atoms. The van der Waals surface area contributed by atoms with Crippen LogP contribution in [0.4, 0.5) is 14.9 Å². The first-order chi connectivity index (χ1) is 18.8. The number of benzene rings is 2. The van der Waals surface area contributed by atoms with Crippen LogP contribution in [-0.4, -0.2) is 45.8 Å². The third-order valence-corrected chi connectivity index (χ3v) is 6.63. The topological polar surface area (TPSA) is 132 Å². The van der Waals surface area contributed by atoms with E-state index in [4.69, 9.17) is 31.1 Å². The molecule has 1 atom stereocenters. The van der Waals surface area contributed by atoms with Crippen LogP contribution in [-0.2, 0) is 4.74 Å². The van der Waals surface area contributed by atoms with Crippen molar-refractivity contribution in [3.05, 3.63) is 65.3 Å². The summed E-state index contributed by atoms with van der Waals surface area (Å²) in [6, 6.07) is 9.62. The second-order valence-electron chi connectivity index (χ2n) is 8.23. The van der Waals surface area contributed by atoms with Crippen LogP contribution in [0, 0.1) is 17.1 Å². The number of amides is 1. The molecule has 0 bridgehead atoms. The van der Waals surface area contributed by atoms with Gasteiger partial charge in [0.1, 0.15) is 23.8 Å². The molecule has 0 saturated carbocycles. The van der Waals surface area contributed by atoms with Crippen LogP contribution in [0.2, 0.25) is 5.02 Å². The Labute approximate surface area is 230 Å². The minimum atomic E-state index is -0.764. The summed E-state index contributed by atoms with van der Waals surface area (Å²) in [5.41, 5.74) is 2.81. The molecule has 5 rings (SSSR count). The number of nitriles is 1. The van der Waals surface area contributed by atoms with Crippen molar-refractivity contribution >= 4 is 56.0 Å². The second kappa shape index (κ2) is 11.0. The highest BCUT2D eigenvalue weighted by Crippen LogP contribution is 2.37. The maximum atomic E-state index is 14.9. The third-order valence-electron chi connectivity index (χ3n) is 5.36. The minimum Gasteiger partial charge on any atom is -0.484 e. The fraction of sp³-hybridized carbons (Fsp3) is 0.154. The molecule has 1 amide bonds. The molecule has 5 aromatic rings. The van der Waals surface area contributed by atoms with Crippen LogP contribution in [0.25, 0.3) is 31.8 Å². The molecule has 0 unspecified atom stereocenters. The van der Waals surface area contributed by atoms with E-state index in [-0.39, 0.29) is 12.4 Å². The van der Waals surface area contributed by atoms with E-state index in [9.17, 15) is 9.18 Å². The molecule has 0 aliphatic carbocycles. The number of hydrogen-bond donors (Lipinski definition) is 1. The number of halogens is 2. The molecule has 0 saturated heterocycles. The summed E-state index contributed by atoms with van der Waals surface area (Å²) >= 11 is 7.64.